The second-order valence-corrected chi connectivity index (χ2v) is 8.19. The molecule has 0 aromatic heterocycles. The highest BCUT2D eigenvalue weighted by Crippen LogP contribution is 2.29. The molecule has 7 heteroatoms. The highest BCUT2D eigenvalue weighted by atomic mass is 16.5. The van der Waals surface area contributed by atoms with Crippen LogP contribution in [0.1, 0.15) is 22.7 Å². The van der Waals surface area contributed by atoms with Gasteiger partial charge in [-0.15, -0.1) is 0 Å². The maximum atomic E-state index is 12.9. The van der Waals surface area contributed by atoms with Gasteiger partial charge >= 0.3 is 0 Å². The molecule has 0 fully saturated rings. The number of aliphatic hydroxyl groups is 1. The molecule has 3 aromatic carbocycles. The molecular weight excluding hydrogens is 482 g/mol. The summed E-state index contributed by atoms with van der Waals surface area (Å²) in [5.41, 5.74) is 3.07. The first-order chi connectivity index (χ1) is 18.5. The van der Waals surface area contributed by atoms with E-state index in [1.54, 1.807) is 52.7 Å². The fraction of sp³-hybridized carbons (Fsp3) is 0.194. The Morgan fingerprint density at radius 1 is 0.763 bits per heavy atom. The van der Waals surface area contributed by atoms with E-state index in [0.29, 0.717) is 28.7 Å². The predicted molar refractivity (Wildman–Crippen MR) is 150 cm³/mol. The smallest absolute Gasteiger partial charge is 0.180 e. The summed E-state index contributed by atoms with van der Waals surface area (Å²) >= 11 is 0. The van der Waals surface area contributed by atoms with E-state index in [1.165, 1.54) is 12.2 Å². The highest BCUT2D eigenvalue weighted by molar-refractivity contribution is 6.02. The number of ether oxygens (including phenoxy) is 4. The van der Waals surface area contributed by atoms with Crippen LogP contribution in [0.5, 0.6) is 23.0 Å². The number of ketones is 1. The summed E-state index contributed by atoms with van der Waals surface area (Å²) in [6.45, 7) is -0.152. The van der Waals surface area contributed by atoms with Gasteiger partial charge in [-0.1, -0.05) is 54.6 Å². The minimum Gasteiger partial charge on any atom is -0.493 e. The van der Waals surface area contributed by atoms with E-state index in [4.69, 9.17) is 18.9 Å². The fourth-order valence-corrected chi connectivity index (χ4v) is 3.74. The predicted octanol–water partition coefficient (Wildman–Crippen LogP) is 5.22. The van der Waals surface area contributed by atoms with Crippen molar-refractivity contribution < 1.29 is 28.8 Å². The van der Waals surface area contributed by atoms with Crippen molar-refractivity contribution in [2.75, 3.05) is 35.0 Å². The van der Waals surface area contributed by atoms with Crippen LogP contribution in [0.2, 0.25) is 0 Å². The lowest BCUT2D eigenvalue weighted by Gasteiger charge is -2.18. The number of hydrogen-bond acceptors (Lipinski definition) is 7. The van der Waals surface area contributed by atoms with Crippen molar-refractivity contribution in [3.05, 3.63) is 107 Å². The third kappa shape index (κ3) is 7.75. The zero-order valence-corrected chi connectivity index (χ0v) is 22.0. The van der Waals surface area contributed by atoms with Crippen LogP contribution >= 0.6 is 0 Å². The molecule has 7 nitrogen and oxygen atoms in total. The monoisotopic (exact) mass is 515 g/mol. The first-order valence-corrected chi connectivity index (χ1v) is 12.0. The van der Waals surface area contributed by atoms with Gasteiger partial charge in [-0.3, -0.25) is 4.79 Å². The molecule has 0 saturated heterocycles. The number of allylic oxidation sites excluding steroid dienone is 3. The van der Waals surface area contributed by atoms with E-state index in [-0.39, 0.29) is 12.4 Å². The van der Waals surface area contributed by atoms with Crippen molar-refractivity contribution in [3.8, 4) is 23.0 Å². The quantitative estimate of drug-likeness (QED) is 0.238. The molecule has 1 atom stereocenters. The van der Waals surface area contributed by atoms with Crippen molar-refractivity contribution in [1.29, 1.82) is 0 Å². The van der Waals surface area contributed by atoms with Gasteiger partial charge in [0.15, 0.2) is 28.8 Å². The van der Waals surface area contributed by atoms with Crippen molar-refractivity contribution in [3.63, 3.8) is 0 Å². The molecule has 0 saturated carbocycles. The van der Waals surface area contributed by atoms with Crippen LogP contribution in [-0.2, 0) is 4.79 Å². The van der Waals surface area contributed by atoms with Crippen molar-refractivity contribution >= 4 is 17.9 Å². The molecule has 0 aliphatic carbocycles. The molecule has 0 aliphatic heterocycles. The lowest BCUT2D eigenvalue weighted by atomic mass is 10.1. The van der Waals surface area contributed by atoms with Gasteiger partial charge in [0.1, 0.15) is 0 Å². The maximum absolute atomic E-state index is 12.9. The standard InChI is InChI=1S/C31H33NO6/c1-35-28-16-12-22(18-30(28)37-3)10-14-25(32-27(21-33)24-8-6-5-7-9-24)20-26(34)15-11-23-13-17-29(36-2)31(19-23)38-4/h5-20,27,32-33H,21H2,1-4H3/b14-10+,15-11+,25-20-/t27-/m1/s1. The average molecular weight is 516 g/mol. The van der Waals surface area contributed by atoms with E-state index < -0.39 is 6.04 Å². The summed E-state index contributed by atoms with van der Waals surface area (Å²) in [7, 11) is 6.29. The Hall–Kier alpha value is -4.49. The molecule has 0 spiro atoms. The summed E-state index contributed by atoms with van der Waals surface area (Å²) in [5.74, 6) is 2.17. The average Bonchev–Trinajstić information content (AvgIpc) is 2.97. The van der Waals surface area contributed by atoms with E-state index in [0.717, 1.165) is 16.7 Å². The number of carbonyl (C=O) groups excluding carboxylic acids is 1. The number of rotatable bonds is 13. The molecule has 0 unspecified atom stereocenters. The molecule has 198 valence electrons. The largest absolute Gasteiger partial charge is 0.493 e. The van der Waals surface area contributed by atoms with E-state index in [1.807, 2.05) is 60.7 Å². The number of methoxy groups -OCH3 is 4. The molecule has 3 aromatic rings. The summed E-state index contributed by atoms with van der Waals surface area (Å²) in [4.78, 5) is 12.9. The summed E-state index contributed by atoms with van der Waals surface area (Å²) in [6, 6.07) is 20.1. The number of hydrogen-bond donors (Lipinski definition) is 2. The minimum absolute atomic E-state index is 0.152. The SMILES string of the molecule is COc1ccc(/C=C/C(=O)/C=C(/C=C/c2ccc(OC)c(OC)c2)N[C@H](CO)c2ccccc2)cc1OC. The molecule has 0 radical (unpaired) electrons. The lowest BCUT2D eigenvalue weighted by Crippen LogP contribution is -2.23. The molecule has 0 bridgehead atoms. The zero-order valence-electron chi connectivity index (χ0n) is 22.0. The maximum Gasteiger partial charge on any atom is 0.180 e. The highest BCUT2D eigenvalue weighted by Gasteiger charge is 2.11. The normalized spacial score (nSPS) is 12.4. The van der Waals surface area contributed by atoms with Crippen LogP contribution in [0.25, 0.3) is 12.2 Å². The third-order valence-corrected chi connectivity index (χ3v) is 5.73. The molecule has 2 N–H and O–H groups in total. The van der Waals surface area contributed by atoms with Gasteiger partial charge in [-0.2, -0.15) is 0 Å². The van der Waals surface area contributed by atoms with Crippen molar-refractivity contribution in [2.24, 2.45) is 0 Å². The number of carbonyl (C=O) groups is 1. The Balaban J connectivity index is 1.89. The van der Waals surface area contributed by atoms with Gasteiger partial charge in [0.05, 0.1) is 41.1 Å². The second-order valence-electron chi connectivity index (χ2n) is 8.19. The van der Waals surface area contributed by atoms with E-state index >= 15 is 0 Å². The van der Waals surface area contributed by atoms with Crippen molar-refractivity contribution in [1.82, 2.24) is 5.32 Å². The molecular formula is C31H33NO6. The van der Waals surface area contributed by atoms with Gasteiger partial charge in [-0.05, 0) is 53.1 Å². The first-order valence-electron chi connectivity index (χ1n) is 12.0. The number of benzene rings is 3. The van der Waals surface area contributed by atoms with Crippen molar-refractivity contribution in [2.45, 2.75) is 6.04 Å². The van der Waals surface area contributed by atoms with Gasteiger partial charge < -0.3 is 29.4 Å². The Morgan fingerprint density at radius 3 is 1.79 bits per heavy atom. The Morgan fingerprint density at radius 2 is 1.29 bits per heavy atom. The van der Waals surface area contributed by atoms with Crippen LogP contribution in [0, 0.1) is 0 Å². The van der Waals surface area contributed by atoms with Crippen LogP contribution < -0.4 is 24.3 Å². The van der Waals surface area contributed by atoms with E-state index in [9.17, 15) is 9.90 Å². The van der Waals surface area contributed by atoms with Crippen LogP contribution in [0.4, 0.5) is 0 Å². The third-order valence-electron chi connectivity index (χ3n) is 5.73. The lowest BCUT2D eigenvalue weighted by molar-refractivity contribution is -0.110. The molecule has 0 amide bonds. The molecule has 0 aliphatic rings. The van der Waals surface area contributed by atoms with Gasteiger partial charge in [-0.25, -0.2) is 0 Å². The Labute approximate surface area is 223 Å². The molecule has 0 heterocycles. The van der Waals surface area contributed by atoms with Crippen LogP contribution in [0.15, 0.2) is 90.7 Å². The first kappa shape index (κ1) is 28.1. The summed E-state index contributed by atoms with van der Waals surface area (Å²) in [5, 5.41) is 13.3. The summed E-state index contributed by atoms with van der Waals surface area (Å²) < 4.78 is 21.3. The number of nitrogens with one attached hydrogen (secondary N) is 1. The topological polar surface area (TPSA) is 86.3 Å². The Bertz CT molecular complexity index is 1300. The second kappa shape index (κ2) is 14.3. The minimum atomic E-state index is -0.403. The van der Waals surface area contributed by atoms with E-state index in [2.05, 4.69) is 5.32 Å². The van der Waals surface area contributed by atoms with Gasteiger partial charge in [0, 0.05) is 11.8 Å². The fourth-order valence-electron chi connectivity index (χ4n) is 3.74. The van der Waals surface area contributed by atoms with Gasteiger partial charge in [0.2, 0.25) is 0 Å². The molecule has 38 heavy (non-hydrogen) atoms. The summed E-state index contributed by atoms with van der Waals surface area (Å²) in [6.07, 6.45) is 8.31. The zero-order chi connectivity index (χ0) is 27.3. The van der Waals surface area contributed by atoms with Crippen LogP contribution in [0.3, 0.4) is 0 Å². The van der Waals surface area contributed by atoms with Crippen LogP contribution in [-0.4, -0.2) is 45.9 Å². The van der Waals surface area contributed by atoms with Gasteiger partial charge in [0.25, 0.3) is 0 Å². The molecule has 3 rings (SSSR count). The number of aliphatic hydroxyl groups excluding tert-OH is 1. The Kier molecular flexibility index (Phi) is 10.6.